The Balaban J connectivity index is 2.32. The van der Waals surface area contributed by atoms with Crippen LogP contribution in [-0.4, -0.2) is 23.7 Å². The maximum Gasteiger partial charge on any atom is 0.113 e. The molecule has 0 aliphatic rings. The smallest absolute Gasteiger partial charge is 0.113 e. The first kappa shape index (κ1) is 14.9. The summed E-state index contributed by atoms with van der Waals surface area (Å²) in [6.07, 6.45) is 0. The van der Waals surface area contributed by atoms with E-state index >= 15 is 0 Å². The molecule has 0 spiro atoms. The van der Waals surface area contributed by atoms with E-state index in [0.717, 1.165) is 11.1 Å². The fraction of sp³-hybridized carbons (Fsp3) is 0.143. The summed E-state index contributed by atoms with van der Waals surface area (Å²) in [7, 11) is 0. The molecule has 0 amide bonds. The van der Waals surface area contributed by atoms with Gasteiger partial charge in [-0.25, -0.2) is 0 Å². The van der Waals surface area contributed by atoms with E-state index in [4.69, 9.17) is 33.4 Å². The monoisotopic (exact) mass is 312 g/mol. The van der Waals surface area contributed by atoms with Gasteiger partial charge in [0.25, 0.3) is 0 Å². The van der Waals surface area contributed by atoms with Gasteiger partial charge in [0, 0.05) is 0 Å². The summed E-state index contributed by atoms with van der Waals surface area (Å²) in [5, 5.41) is 24.2. The lowest BCUT2D eigenvalue weighted by molar-refractivity contribution is 0.325. The van der Waals surface area contributed by atoms with Gasteiger partial charge in [-0.3, -0.25) is 0 Å². The Morgan fingerprint density at radius 1 is 0.750 bits per heavy atom. The lowest BCUT2D eigenvalue weighted by Crippen LogP contribution is -2.00. The van der Waals surface area contributed by atoms with Crippen LogP contribution in [0.2, 0.25) is 10.0 Å². The second kappa shape index (κ2) is 6.81. The number of halogens is 2. The third-order valence-electron chi connectivity index (χ3n) is 2.81. The van der Waals surface area contributed by atoms with Gasteiger partial charge >= 0.3 is 0 Å². The first-order chi connectivity index (χ1) is 9.65. The third kappa shape index (κ3) is 3.35. The van der Waals surface area contributed by atoms with Gasteiger partial charge in [0.05, 0.1) is 21.4 Å². The maximum absolute atomic E-state index is 8.83. The van der Waals surface area contributed by atoms with E-state index in [-0.39, 0.29) is 13.5 Å². The molecule has 2 rings (SSSR count). The topological polar surface area (TPSA) is 64.5 Å². The summed E-state index contributed by atoms with van der Waals surface area (Å²) in [4.78, 5) is 0. The minimum atomic E-state index is -0.174. The van der Waals surface area contributed by atoms with E-state index < -0.39 is 0 Å². The molecule has 0 bridgehead atoms. The normalized spacial score (nSPS) is 10.4. The van der Waals surface area contributed by atoms with Gasteiger partial charge in [-0.1, -0.05) is 35.3 Å². The quantitative estimate of drug-likeness (QED) is 0.639. The molecular formula is C14H14Cl2N2O2. The Labute approximate surface area is 127 Å². The fourth-order valence-electron chi connectivity index (χ4n) is 1.85. The molecule has 2 aromatic carbocycles. The molecule has 0 unspecified atom stereocenters. The van der Waals surface area contributed by atoms with Crippen LogP contribution in [0.15, 0.2) is 36.4 Å². The molecule has 0 atom stereocenters. The molecule has 0 aliphatic carbocycles. The van der Waals surface area contributed by atoms with Crippen LogP contribution < -0.4 is 10.6 Å². The Kier molecular flexibility index (Phi) is 5.09. The van der Waals surface area contributed by atoms with Crippen LogP contribution in [-0.2, 0) is 0 Å². The molecule has 0 aromatic heterocycles. The highest BCUT2D eigenvalue weighted by Crippen LogP contribution is 2.32. The number of hydrogen-bond acceptors (Lipinski definition) is 4. The van der Waals surface area contributed by atoms with Crippen molar-refractivity contribution >= 4 is 34.6 Å². The van der Waals surface area contributed by atoms with Crippen LogP contribution >= 0.6 is 23.2 Å². The Bertz CT molecular complexity index is 552. The molecule has 6 heteroatoms. The van der Waals surface area contributed by atoms with E-state index in [0.29, 0.717) is 21.4 Å². The summed E-state index contributed by atoms with van der Waals surface area (Å²) in [5.41, 5.74) is 3.16. The van der Waals surface area contributed by atoms with Crippen LogP contribution in [0.25, 0.3) is 11.1 Å². The highest BCUT2D eigenvalue weighted by molar-refractivity contribution is 6.34. The van der Waals surface area contributed by atoms with Crippen LogP contribution in [0.3, 0.4) is 0 Å². The van der Waals surface area contributed by atoms with Crippen molar-refractivity contribution in [3.63, 3.8) is 0 Å². The van der Waals surface area contributed by atoms with Crippen LogP contribution in [0.1, 0.15) is 0 Å². The first-order valence-electron chi connectivity index (χ1n) is 5.94. The number of nitrogens with one attached hydrogen (secondary N) is 2. The number of aliphatic hydroxyl groups excluding tert-OH is 2. The molecule has 0 aliphatic heterocycles. The maximum atomic E-state index is 8.83. The molecule has 0 heterocycles. The molecule has 0 radical (unpaired) electrons. The highest BCUT2D eigenvalue weighted by Gasteiger charge is 2.06. The van der Waals surface area contributed by atoms with Crippen LogP contribution in [0, 0.1) is 0 Å². The zero-order valence-electron chi connectivity index (χ0n) is 10.5. The largest absolute Gasteiger partial charge is 0.377 e. The van der Waals surface area contributed by atoms with Gasteiger partial charge in [0.2, 0.25) is 0 Å². The lowest BCUT2D eigenvalue weighted by atomic mass is 10.0. The van der Waals surface area contributed by atoms with Gasteiger partial charge in [-0.2, -0.15) is 0 Å². The molecule has 0 saturated carbocycles. The standard InChI is InChI=1S/C14H14Cl2N2O2/c15-11-5-9(1-3-13(11)17-7-19)10-2-4-14(18-8-20)12(16)6-10/h1-6,17-20H,7-8H2. The number of rotatable bonds is 5. The summed E-state index contributed by atoms with van der Waals surface area (Å²) in [6, 6.07) is 10.9. The molecular weight excluding hydrogens is 299 g/mol. The lowest BCUT2D eigenvalue weighted by Gasteiger charge is -2.10. The predicted octanol–water partition coefficient (Wildman–Crippen LogP) is 3.38. The van der Waals surface area contributed by atoms with Crippen LogP contribution in [0.5, 0.6) is 0 Å². The van der Waals surface area contributed by atoms with Crippen molar-refractivity contribution in [2.24, 2.45) is 0 Å². The number of anilines is 2. The Hall–Kier alpha value is -1.46. The van der Waals surface area contributed by atoms with Gasteiger partial charge in [-0.05, 0) is 35.4 Å². The van der Waals surface area contributed by atoms with E-state index in [9.17, 15) is 0 Å². The van der Waals surface area contributed by atoms with Gasteiger partial charge in [-0.15, -0.1) is 0 Å². The van der Waals surface area contributed by atoms with Gasteiger partial charge in [0.1, 0.15) is 13.5 Å². The second-order valence-corrected chi connectivity index (χ2v) is 4.87. The third-order valence-corrected chi connectivity index (χ3v) is 3.44. The van der Waals surface area contributed by atoms with Crippen molar-refractivity contribution in [2.75, 3.05) is 24.1 Å². The molecule has 4 N–H and O–H groups in total. The van der Waals surface area contributed by atoms with E-state index in [1.807, 2.05) is 12.1 Å². The zero-order valence-corrected chi connectivity index (χ0v) is 12.0. The summed E-state index contributed by atoms with van der Waals surface area (Å²) in [5.74, 6) is 0. The SMILES string of the molecule is OCNc1ccc(-c2ccc(NCO)c(Cl)c2)cc1Cl. The summed E-state index contributed by atoms with van der Waals surface area (Å²) in [6.45, 7) is -0.348. The number of aliphatic hydroxyl groups is 2. The molecule has 4 nitrogen and oxygen atoms in total. The van der Waals surface area contributed by atoms with Gasteiger partial charge < -0.3 is 20.8 Å². The summed E-state index contributed by atoms with van der Waals surface area (Å²) < 4.78 is 0. The molecule has 106 valence electrons. The van der Waals surface area contributed by atoms with E-state index in [1.165, 1.54) is 0 Å². The second-order valence-electron chi connectivity index (χ2n) is 4.06. The predicted molar refractivity (Wildman–Crippen MR) is 83.3 cm³/mol. The molecule has 2 aromatic rings. The Morgan fingerprint density at radius 2 is 1.15 bits per heavy atom. The molecule has 20 heavy (non-hydrogen) atoms. The zero-order chi connectivity index (χ0) is 14.5. The van der Waals surface area contributed by atoms with E-state index in [1.54, 1.807) is 24.3 Å². The van der Waals surface area contributed by atoms with E-state index in [2.05, 4.69) is 10.6 Å². The summed E-state index contributed by atoms with van der Waals surface area (Å²) >= 11 is 12.3. The average molecular weight is 313 g/mol. The molecule has 0 saturated heterocycles. The van der Waals surface area contributed by atoms with Crippen molar-refractivity contribution < 1.29 is 10.2 Å². The minimum Gasteiger partial charge on any atom is -0.377 e. The van der Waals surface area contributed by atoms with Crippen LogP contribution in [0.4, 0.5) is 11.4 Å². The average Bonchev–Trinajstić information content (AvgIpc) is 2.44. The highest BCUT2D eigenvalue weighted by atomic mass is 35.5. The minimum absolute atomic E-state index is 0.174. The van der Waals surface area contributed by atoms with Crippen molar-refractivity contribution in [2.45, 2.75) is 0 Å². The fourth-order valence-corrected chi connectivity index (χ4v) is 2.34. The Morgan fingerprint density at radius 3 is 1.45 bits per heavy atom. The van der Waals surface area contributed by atoms with Gasteiger partial charge in [0.15, 0.2) is 0 Å². The first-order valence-corrected chi connectivity index (χ1v) is 6.70. The number of hydrogen-bond donors (Lipinski definition) is 4. The molecule has 0 fully saturated rings. The van der Waals surface area contributed by atoms with Crippen molar-refractivity contribution in [1.29, 1.82) is 0 Å². The number of benzene rings is 2. The van der Waals surface area contributed by atoms with Crippen molar-refractivity contribution in [3.8, 4) is 11.1 Å². The van der Waals surface area contributed by atoms with Crippen molar-refractivity contribution in [3.05, 3.63) is 46.4 Å². The van der Waals surface area contributed by atoms with Crippen molar-refractivity contribution in [1.82, 2.24) is 0 Å².